The van der Waals surface area contributed by atoms with Crippen LogP contribution < -0.4 is 0 Å². The van der Waals surface area contributed by atoms with Crippen LogP contribution >= 0.6 is 11.8 Å². The Kier molecular flexibility index (Phi) is 7.41. The molecule has 3 rings (SSSR count). The summed E-state index contributed by atoms with van der Waals surface area (Å²) in [6, 6.07) is -1.23. The number of amides is 2. The molecule has 3 aliphatic rings. The Morgan fingerprint density at radius 1 is 1.42 bits per heavy atom. The molecule has 0 saturated carbocycles. The lowest BCUT2D eigenvalue weighted by Gasteiger charge is -2.40. The summed E-state index contributed by atoms with van der Waals surface area (Å²) < 4.78 is -0.724. The van der Waals surface area contributed by atoms with Gasteiger partial charge in [0.2, 0.25) is 11.8 Å². The molecule has 3 aliphatic heterocycles. The SMILES string of the molecule is C=CCN(CCCC)C(=O)C1N([C@@H](CO)CC(C)C)C(=O)[C@@H]2[C@@H](C(=O)O)[C@H]3CCC12S3. The van der Waals surface area contributed by atoms with Crippen molar-refractivity contribution < 1.29 is 24.6 Å². The minimum atomic E-state index is -0.955. The Morgan fingerprint density at radius 3 is 2.68 bits per heavy atom. The molecular formula is C23H36N2O5S. The number of likely N-dealkylation sites (tertiary alicyclic amines) is 1. The van der Waals surface area contributed by atoms with Gasteiger partial charge in [-0.15, -0.1) is 18.3 Å². The molecule has 2 amide bonds. The second-order valence-corrected chi connectivity index (χ2v) is 11.1. The summed E-state index contributed by atoms with van der Waals surface area (Å²) >= 11 is 1.54. The molecule has 0 aromatic carbocycles. The summed E-state index contributed by atoms with van der Waals surface area (Å²) in [4.78, 5) is 43.1. The van der Waals surface area contributed by atoms with E-state index in [1.807, 2.05) is 13.8 Å². The van der Waals surface area contributed by atoms with Gasteiger partial charge in [-0.2, -0.15) is 0 Å². The molecule has 0 aromatic heterocycles. The molecule has 3 heterocycles. The molecule has 1 spiro atoms. The number of carboxylic acid groups (broad SMARTS) is 1. The summed E-state index contributed by atoms with van der Waals surface area (Å²) in [5.41, 5.74) is 0. The number of hydrogen-bond donors (Lipinski definition) is 2. The van der Waals surface area contributed by atoms with Crippen LogP contribution in [0.3, 0.4) is 0 Å². The van der Waals surface area contributed by atoms with Gasteiger partial charge in [0.1, 0.15) is 6.04 Å². The molecule has 8 heteroatoms. The predicted molar refractivity (Wildman–Crippen MR) is 121 cm³/mol. The molecule has 174 valence electrons. The number of rotatable bonds is 11. The highest BCUT2D eigenvalue weighted by atomic mass is 32.2. The van der Waals surface area contributed by atoms with Gasteiger partial charge in [-0.1, -0.05) is 33.3 Å². The fourth-order valence-corrected chi connectivity index (χ4v) is 8.03. The van der Waals surface area contributed by atoms with Crippen molar-refractivity contribution >= 4 is 29.5 Å². The number of aliphatic hydroxyl groups is 1. The van der Waals surface area contributed by atoms with Gasteiger partial charge >= 0.3 is 5.97 Å². The Labute approximate surface area is 189 Å². The Morgan fingerprint density at radius 2 is 2.13 bits per heavy atom. The largest absolute Gasteiger partial charge is 0.481 e. The molecular weight excluding hydrogens is 416 g/mol. The number of fused-ring (bicyclic) bond motifs is 1. The lowest BCUT2D eigenvalue weighted by Crippen LogP contribution is -2.57. The number of carbonyl (C=O) groups is 3. The standard InChI is InChI=1S/C23H36N2O5S/c1-5-7-11-24(10-6-2)21(28)19-23-9-8-16(31-23)17(22(29)30)18(23)20(27)25(19)15(13-26)12-14(3)4/h6,14-19,26H,2,5,7-13H2,1,3-4H3,(H,29,30)/t15-,16-,17+,18+,19?,23?/m1/s1. The second kappa shape index (κ2) is 9.53. The van der Waals surface area contributed by atoms with Gasteiger partial charge in [0.15, 0.2) is 0 Å². The maximum Gasteiger partial charge on any atom is 0.308 e. The maximum atomic E-state index is 13.9. The number of aliphatic carboxylic acids is 1. The average Bonchev–Trinajstić information content (AvgIpc) is 3.36. The summed E-state index contributed by atoms with van der Waals surface area (Å²) in [5.74, 6) is -2.61. The monoisotopic (exact) mass is 452 g/mol. The molecule has 6 atom stereocenters. The van der Waals surface area contributed by atoms with Gasteiger partial charge < -0.3 is 20.0 Å². The summed E-state index contributed by atoms with van der Waals surface area (Å²) in [6.45, 7) is 10.6. The lowest BCUT2D eigenvalue weighted by molar-refractivity contribution is -0.150. The fraction of sp³-hybridized carbons (Fsp3) is 0.783. The Hall–Kier alpha value is -1.54. The van der Waals surface area contributed by atoms with E-state index in [0.717, 1.165) is 12.8 Å². The van der Waals surface area contributed by atoms with Crippen LogP contribution in [0.1, 0.15) is 52.9 Å². The van der Waals surface area contributed by atoms with Gasteiger partial charge in [0.05, 0.1) is 29.2 Å². The number of unbranched alkanes of at least 4 members (excludes halogenated alkanes) is 1. The third kappa shape index (κ3) is 4.01. The maximum absolute atomic E-state index is 13.9. The first-order chi connectivity index (χ1) is 14.7. The summed E-state index contributed by atoms with van der Waals surface area (Å²) in [6.07, 6.45) is 5.41. The number of hydrogen-bond acceptors (Lipinski definition) is 5. The van der Waals surface area contributed by atoms with Crippen molar-refractivity contribution in [3.05, 3.63) is 12.7 Å². The first kappa shape index (κ1) is 24.1. The molecule has 3 fully saturated rings. The number of carbonyl (C=O) groups excluding carboxylic acids is 2. The molecule has 31 heavy (non-hydrogen) atoms. The average molecular weight is 453 g/mol. The van der Waals surface area contributed by atoms with E-state index in [1.165, 1.54) is 11.8 Å². The van der Waals surface area contributed by atoms with Gasteiger partial charge in [-0.05, 0) is 31.6 Å². The van der Waals surface area contributed by atoms with E-state index in [9.17, 15) is 24.6 Å². The zero-order chi connectivity index (χ0) is 22.9. The Balaban J connectivity index is 2.06. The molecule has 0 radical (unpaired) electrons. The zero-order valence-electron chi connectivity index (χ0n) is 18.8. The molecule has 2 unspecified atom stereocenters. The second-order valence-electron chi connectivity index (χ2n) is 9.53. The van der Waals surface area contributed by atoms with Crippen molar-refractivity contribution in [2.75, 3.05) is 19.7 Å². The minimum absolute atomic E-state index is 0.134. The van der Waals surface area contributed by atoms with Gasteiger partial charge in [0.25, 0.3) is 0 Å². The van der Waals surface area contributed by atoms with Crippen molar-refractivity contribution in [2.24, 2.45) is 17.8 Å². The minimum Gasteiger partial charge on any atom is -0.481 e. The number of carboxylic acids is 1. The third-order valence-electron chi connectivity index (χ3n) is 7.05. The molecule has 0 aliphatic carbocycles. The van der Waals surface area contributed by atoms with Crippen molar-refractivity contribution in [2.45, 2.75) is 75.0 Å². The van der Waals surface area contributed by atoms with E-state index in [1.54, 1.807) is 15.9 Å². The van der Waals surface area contributed by atoms with Crippen LogP contribution in [-0.2, 0) is 14.4 Å². The van der Waals surface area contributed by atoms with E-state index < -0.39 is 34.6 Å². The number of aliphatic hydroxyl groups excluding tert-OH is 1. The van der Waals surface area contributed by atoms with E-state index in [0.29, 0.717) is 32.4 Å². The van der Waals surface area contributed by atoms with Gasteiger partial charge in [0, 0.05) is 18.3 Å². The highest BCUT2D eigenvalue weighted by Gasteiger charge is 2.74. The van der Waals surface area contributed by atoms with Crippen LogP contribution in [0.15, 0.2) is 12.7 Å². The highest BCUT2D eigenvalue weighted by molar-refractivity contribution is 8.02. The smallest absolute Gasteiger partial charge is 0.308 e. The first-order valence-electron chi connectivity index (χ1n) is 11.5. The highest BCUT2D eigenvalue weighted by Crippen LogP contribution is 2.66. The van der Waals surface area contributed by atoms with Crippen LogP contribution in [0.5, 0.6) is 0 Å². The van der Waals surface area contributed by atoms with Crippen molar-refractivity contribution in [1.82, 2.24) is 9.80 Å². The molecule has 0 aromatic rings. The number of thioether (sulfide) groups is 1. The van der Waals surface area contributed by atoms with Crippen LogP contribution in [-0.4, -0.2) is 79.6 Å². The van der Waals surface area contributed by atoms with Crippen LogP contribution in [0.25, 0.3) is 0 Å². The predicted octanol–water partition coefficient (Wildman–Crippen LogP) is 2.38. The van der Waals surface area contributed by atoms with Crippen LogP contribution in [0, 0.1) is 17.8 Å². The van der Waals surface area contributed by atoms with Crippen molar-refractivity contribution in [1.29, 1.82) is 0 Å². The first-order valence-corrected chi connectivity index (χ1v) is 12.3. The van der Waals surface area contributed by atoms with Gasteiger partial charge in [-0.3, -0.25) is 14.4 Å². The summed E-state index contributed by atoms with van der Waals surface area (Å²) in [7, 11) is 0. The van der Waals surface area contributed by atoms with E-state index in [-0.39, 0.29) is 29.6 Å². The van der Waals surface area contributed by atoms with Crippen LogP contribution in [0.2, 0.25) is 0 Å². The molecule has 2 bridgehead atoms. The van der Waals surface area contributed by atoms with E-state index >= 15 is 0 Å². The molecule has 7 nitrogen and oxygen atoms in total. The van der Waals surface area contributed by atoms with Crippen molar-refractivity contribution in [3.63, 3.8) is 0 Å². The van der Waals surface area contributed by atoms with Crippen molar-refractivity contribution in [3.8, 4) is 0 Å². The van der Waals surface area contributed by atoms with Crippen LogP contribution in [0.4, 0.5) is 0 Å². The summed E-state index contributed by atoms with van der Waals surface area (Å²) in [5, 5.41) is 20.0. The molecule has 3 saturated heterocycles. The van der Waals surface area contributed by atoms with E-state index in [2.05, 4.69) is 13.5 Å². The lowest BCUT2D eigenvalue weighted by atomic mass is 9.71. The molecule has 2 N–H and O–H groups in total. The topological polar surface area (TPSA) is 98.2 Å². The quantitative estimate of drug-likeness (QED) is 0.467. The van der Waals surface area contributed by atoms with Gasteiger partial charge in [-0.25, -0.2) is 0 Å². The van der Waals surface area contributed by atoms with E-state index in [4.69, 9.17) is 0 Å². The normalized spacial score (nSPS) is 32.4. The fourth-order valence-electron chi connectivity index (χ4n) is 5.83. The number of nitrogens with zero attached hydrogens (tertiary/aromatic N) is 2. The Bertz CT molecular complexity index is 729. The third-order valence-corrected chi connectivity index (χ3v) is 9.00. The zero-order valence-corrected chi connectivity index (χ0v) is 19.6.